The van der Waals surface area contributed by atoms with Crippen molar-refractivity contribution >= 4 is 22.9 Å². The molecule has 2 unspecified atom stereocenters. The van der Waals surface area contributed by atoms with Crippen molar-refractivity contribution in [3.8, 4) is 0 Å². The first-order valence-electron chi connectivity index (χ1n) is 7.40. The third-order valence-corrected chi connectivity index (χ3v) is 5.97. The summed E-state index contributed by atoms with van der Waals surface area (Å²) in [6.45, 7) is 0. The van der Waals surface area contributed by atoms with Gasteiger partial charge in [0.05, 0.1) is 4.34 Å². The zero-order valence-electron chi connectivity index (χ0n) is 11.4. The highest BCUT2D eigenvalue weighted by atomic mass is 35.5. The normalized spacial score (nSPS) is 24.4. The maximum atomic E-state index is 6.14. The summed E-state index contributed by atoms with van der Waals surface area (Å²) in [4.78, 5) is 1.49. The fourth-order valence-electron chi connectivity index (χ4n) is 3.63. The molecule has 4 rings (SSSR count). The first-order valence-corrected chi connectivity index (χ1v) is 8.60. The highest BCUT2D eigenvalue weighted by Crippen LogP contribution is 2.40. The molecular weight excluding hydrogens is 286 g/mol. The van der Waals surface area contributed by atoms with Crippen LogP contribution in [-0.4, -0.2) is 6.04 Å². The molecule has 1 N–H and O–H groups in total. The van der Waals surface area contributed by atoms with E-state index < -0.39 is 0 Å². The van der Waals surface area contributed by atoms with Gasteiger partial charge >= 0.3 is 0 Å². The van der Waals surface area contributed by atoms with E-state index in [9.17, 15) is 0 Å². The SMILES string of the molecule is Clc1cc2c(s1)CCC2NC1CCc2ccccc2C1. The number of hydrogen-bond donors (Lipinski definition) is 1. The zero-order chi connectivity index (χ0) is 13.5. The third kappa shape index (κ3) is 2.30. The molecule has 0 fully saturated rings. The van der Waals surface area contributed by atoms with E-state index in [0.717, 1.165) is 4.34 Å². The second-order valence-electron chi connectivity index (χ2n) is 5.90. The number of fused-ring (bicyclic) bond motifs is 2. The van der Waals surface area contributed by atoms with Gasteiger partial charge in [0.1, 0.15) is 0 Å². The van der Waals surface area contributed by atoms with Crippen LogP contribution >= 0.6 is 22.9 Å². The number of aryl methyl sites for hydroxylation is 2. The van der Waals surface area contributed by atoms with Gasteiger partial charge in [-0.1, -0.05) is 35.9 Å². The molecule has 0 spiro atoms. The highest BCUT2D eigenvalue weighted by molar-refractivity contribution is 7.16. The Kier molecular flexibility index (Phi) is 3.33. The molecule has 1 aromatic carbocycles. The van der Waals surface area contributed by atoms with E-state index in [-0.39, 0.29) is 0 Å². The monoisotopic (exact) mass is 303 g/mol. The summed E-state index contributed by atoms with van der Waals surface area (Å²) in [5.41, 5.74) is 4.52. The van der Waals surface area contributed by atoms with Crippen LogP contribution in [0, 0.1) is 0 Å². The summed E-state index contributed by atoms with van der Waals surface area (Å²) in [7, 11) is 0. The van der Waals surface area contributed by atoms with E-state index in [1.807, 2.05) is 0 Å². The fraction of sp³-hybridized carbons (Fsp3) is 0.412. The van der Waals surface area contributed by atoms with Crippen molar-refractivity contribution in [1.29, 1.82) is 0 Å². The molecule has 0 saturated heterocycles. The molecule has 20 heavy (non-hydrogen) atoms. The Labute approximate surface area is 129 Å². The Morgan fingerprint density at radius 2 is 1.95 bits per heavy atom. The molecule has 2 aliphatic carbocycles. The van der Waals surface area contributed by atoms with Crippen molar-refractivity contribution in [3.63, 3.8) is 0 Å². The summed E-state index contributed by atoms with van der Waals surface area (Å²) < 4.78 is 0.940. The van der Waals surface area contributed by atoms with Crippen LogP contribution in [0.25, 0.3) is 0 Å². The maximum Gasteiger partial charge on any atom is 0.0934 e. The Bertz CT molecular complexity index is 634. The molecule has 2 aliphatic rings. The molecule has 0 saturated carbocycles. The minimum Gasteiger partial charge on any atom is -0.307 e. The fourth-order valence-corrected chi connectivity index (χ4v) is 4.98. The second-order valence-corrected chi connectivity index (χ2v) is 7.66. The van der Waals surface area contributed by atoms with Crippen LogP contribution in [-0.2, 0) is 19.3 Å². The van der Waals surface area contributed by atoms with Gasteiger partial charge in [-0.3, -0.25) is 0 Å². The molecule has 0 amide bonds. The molecule has 0 aliphatic heterocycles. The van der Waals surface area contributed by atoms with Crippen molar-refractivity contribution in [3.05, 3.63) is 56.2 Å². The second kappa shape index (κ2) is 5.18. The summed E-state index contributed by atoms with van der Waals surface area (Å²) >= 11 is 7.90. The van der Waals surface area contributed by atoms with Crippen molar-refractivity contribution in [2.24, 2.45) is 0 Å². The molecule has 1 nitrogen and oxygen atoms in total. The molecule has 2 atom stereocenters. The van der Waals surface area contributed by atoms with Crippen LogP contribution in [0.2, 0.25) is 4.34 Å². The number of hydrogen-bond acceptors (Lipinski definition) is 2. The average Bonchev–Trinajstić information content (AvgIpc) is 2.99. The summed E-state index contributed by atoms with van der Waals surface area (Å²) in [5, 5.41) is 3.88. The van der Waals surface area contributed by atoms with E-state index in [1.54, 1.807) is 11.3 Å². The summed E-state index contributed by atoms with van der Waals surface area (Å²) in [5.74, 6) is 0. The quantitative estimate of drug-likeness (QED) is 0.859. The minimum atomic E-state index is 0.518. The zero-order valence-corrected chi connectivity index (χ0v) is 12.9. The van der Waals surface area contributed by atoms with Crippen molar-refractivity contribution in [2.45, 2.75) is 44.2 Å². The van der Waals surface area contributed by atoms with Gasteiger partial charge < -0.3 is 5.32 Å². The van der Waals surface area contributed by atoms with Crippen LogP contribution in [0.15, 0.2) is 30.3 Å². The molecule has 1 heterocycles. The Morgan fingerprint density at radius 1 is 1.10 bits per heavy atom. The predicted octanol–water partition coefficient (Wildman–Crippen LogP) is 4.54. The molecule has 1 aromatic heterocycles. The molecule has 3 heteroatoms. The summed E-state index contributed by atoms with van der Waals surface area (Å²) in [6.07, 6.45) is 6.04. The average molecular weight is 304 g/mol. The largest absolute Gasteiger partial charge is 0.307 e. The molecule has 104 valence electrons. The summed E-state index contributed by atoms with van der Waals surface area (Å²) in [6, 6.07) is 12.2. The molecular formula is C17H18ClNS. The van der Waals surface area contributed by atoms with E-state index in [4.69, 9.17) is 11.6 Å². The van der Waals surface area contributed by atoms with Gasteiger partial charge in [-0.2, -0.15) is 0 Å². The van der Waals surface area contributed by atoms with Crippen molar-refractivity contribution in [2.75, 3.05) is 0 Å². The molecule has 0 bridgehead atoms. The lowest BCUT2D eigenvalue weighted by atomic mass is 9.88. The van der Waals surface area contributed by atoms with Gasteiger partial charge in [-0.25, -0.2) is 0 Å². The van der Waals surface area contributed by atoms with Crippen LogP contribution < -0.4 is 5.32 Å². The van der Waals surface area contributed by atoms with Gasteiger partial charge in [0.2, 0.25) is 0 Å². The van der Waals surface area contributed by atoms with Gasteiger partial charge in [-0.15, -0.1) is 11.3 Å². The van der Waals surface area contributed by atoms with Gasteiger partial charge in [0, 0.05) is 17.0 Å². The lowest BCUT2D eigenvalue weighted by Gasteiger charge is -2.28. The van der Waals surface area contributed by atoms with Crippen LogP contribution in [0.1, 0.15) is 40.5 Å². The van der Waals surface area contributed by atoms with Crippen LogP contribution in [0.3, 0.4) is 0 Å². The van der Waals surface area contributed by atoms with E-state index in [1.165, 1.54) is 53.7 Å². The first kappa shape index (κ1) is 12.9. The first-order chi connectivity index (χ1) is 9.79. The van der Waals surface area contributed by atoms with Crippen LogP contribution in [0.4, 0.5) is 0 Å². The lowest BCUT2D eigenvalue weighted by Crippen LogP contribution is -2.36. The van der Waals surface area contributed by atoms with Gasteiger partial charge in [0.15, 0.2) is 0 Å². The number of thiophene rings is 1. The molecule has 2 aromatic rings. The molecule has 0 radical (unpaired) electrons. The topological polar surface area (TPSA) is 12.0 Å². The predicted molar refractivity (Wildman–Crippen MR) is 85.8 cm³/mol. The van der Waals surface area contributed by atoms with Gasteiger partial charge in [0.25, 0.3) is 0 Å². The third-order valence-electron chi connectivity index (χ3n) is 4.63. The maximum absolute atomic E-state index is 6.14. The number of halogens is 1. The lowest BCUT2D eigenvalue weighted by molar-refractivity contribution is 0.397. The number of benzene rings is 1. The van der Waals surface area contributed by atoms with E-state index in [0.29, 0.717) is 12.1 Å². The van der Waals surface area contributed by atoms with E-state index in [2.05, 4.69) is 35.6 Å². The van der Waals surface area contributed by atoms with Crippen molar-refractivity contribution in [1.82, 2.24) is 5.32 Å². The number of nitrogens with one attached hydrogen (secondary N) is 1. The van der Waals surface area contributed by atoms with Gasteiger partial charge in [-0.05, 0) is 54.9 Å². The van der Waals surface area contributed by atoms with Crippen molar-refractivity contribution < 1.29 is 0 Å². The van der Waals surface area contributed by atoms with Crippen LogP contribution in [0.5, 0.6) is 0 Å². The Balaban J connectivity index is 1.49. The smallest absolute Gasteiger partial charge is 0.0934 e. The Morgan fingerprint density at radius 3 is 2.85 bits per heavy atom. The highest BCUT2D eigenvalue weighted by Gasteiger charge is 2.28. The number of rotatable bonds is 2. The van der Waals surface area contributed by atoms with E-state index >= 15 is 0 Å². The Hall–Kier alpha value is -0.830. The minimum absolute atomic E-state index is 0.518. The standard InChI is InChI=1S/C17H18ClNS/c18-17-10-14-15(7-8-16(14)20-17)19-13-6-5-11-3-1-2-4-12(11)9-13/h1-4,10,13,15,19H,5-9H2.